The smallest absolute Gasteiger partial charge is 0.223 e. The number of nitrogens with one attached hydrogen (secondary N) is 3. The monoisotopic (exact) mass is 364 g/mol. The Balaban J connectivity index is 1.78. The Kier molecular flexibility index (Phi) is 8.18. The summed E-state index contributed by atoms with van der Waals surface area (Å²) in [4.78, 5) is 16.1. The highest BCUT2D eigenvalue weighted by atomic mass is 19.1. The van der Waals surface area contributed by atoms with Crippen LogP contribution in [0.4, 0.5) is 4.39 Å². The summed E-state index contributed by atoms with van der Waals surface area (Å²) in [6.45, 7) is 6.36. The molecule has 0 aromatic heterocycles. The first-order valence-corrected chi connectivity index (χ1v) is 9.34. The second kappa shape index (κ2) is 10.6. The van der Waals surface area contributed by atoms with E-state index in [2.05, 4.69) is 20.9 Å². The number of carbonyl (C=O) groups excluding carboxylic acids is 1. The quantitative estimate of drug-likeness (QED) is 0.338. The minimum absolute atomic E-state index is 0.137. The van der Waals surface area contributed by atoms with E-state index in [0.717, 1.165) is 25.8 Å². The number of hydrogen-bond donors (Lipinski definition) is 3. The van der Waals surface area contributed by atoms with Gasteiger partial charge in [-0.2, -0.15) is 0 Å². The molecule has 0 spiro atoms. The lowest BCUT2D eigenvalue weighted by molar-refractivity contribution is -0.122. The number of nitrogens with zero attached hydrogens (tertiary/aromatic N) is 1. The predicted octanol–water partition coefficient (Wildman–Crippen LogP) is 2.06. The summed E-state index contributed by atoms with van der Waals surface area (Å²) in [6.07, 6.45) is 2.64. The van der Waals surface area contributed by atoms with Crippen molar-refractivity contribution in [3.63, 3.8) is 0 Å². The van der Waals surface area contributed by atoms with Gasteiger partial charge in [-0.3, -0.25) is 4.79 Å². The van der Waals surface area contributed by atoms with Gasteiger partial charge in [-0.25, -0.2) is 9.38 Å². The molecule has 6 nitrogen and oxygen atoms in total. The Morgan fingerprint density at radius 1 is 1.27 bits per heavy atom. The Labute approximate surface area is 154 Å². The summed E-state index contributed by atoms with van der Waals surface area (Å²) in [7, 11) is 0. The SMILES string of the molecule is CCNC(=NCC(CC)Oc1cccc(F)c1)NCCNC(=O)C1CC1. The van der Waals surface area contributed by atoms with Gasteiger partial charge in [0.15, 0.2) is 5.96 Å². The van der Waals surface area contributed by atoms with Gasteiger partial charge < -0.3 is 20.7 Å². The van der Waals surface area contributed by atoms with Crippen molar-refractivity contribution in [2.45, 2.75) is 39.2 Å². The summed E-state index contributed by atoms with van der Waals surface area (Å²) in [5.74, 6) is 1.23. The average Bonchev–Trinajstić information content (AvgIpc) is 3.47. The zero-order valence-electron chi connectivity index (χ0n) is 15.6. The van der Waals surface area contributed by atoms with E-state index < -0.39 is 0 Å². The van der Waals surface area contributed by atoms with Crippen LogP contribution in [0.3, 0.4) is 0 Å². The van der Waals surface area contributed by atoms with Gasteiger partial charge in [-0.1, -0.05) is 13.0 Å². The summed E-state index contributed by atoms with van der Waals surface area (Å²) >= 11 is 0. The number of amides is 1. The molecule has 0 saturated heterocycles. The number of hydrogen-bond acceptors (Lipinski definition) is 3. The van der Waals surface area contributed by atoms with Crippen LogP contribution in [0.25, 0.3) is 0 Å². The van der Waals surface area contributed by atoms with Crippen molar-refractivity contribution in [2.24, 2.45) is 10.9 Å². The van der Waals surface area contributed by atoms with E-state index in [1.54, 1.807) is 12.1 Å². The van der Waals surface area contributed by atoms with E-state index in [-0.39, 0.29) is 23.7 Å². The van der Waals surface area contributed by atoms with Crippen molar-refractivity contribution in [3.8, 4) is 5.75 Å². The largest absolute Gasteiger partial charge is 0.488 e. The summed E-state index contributed by atoms with van der Waals surface area (Å²) < 4.78 is 19.1. The Morgan fingerprint density at radius 3 is 2.69 bits per heavy atom. The molecule has 1 fully saturated rings. The molecule has 1 unspecified atom stereocenters. The normalized spacial score (nSPS) is 15.3. The summed E-state index contributed by atoms with van der Waals surface area (Å²) in [6, 6.07) is 6.13. The van der Waals surface area contributed by atoms with Crippen LogP contribution in [0, 0.1) is 11.7 Å². The van der Waals surface area contributed by atoms with Crippen molar-refractivity contribution in [1.29, 1.82) is 0 Å². The van der Waals surface area contributed by atoms with Crippen LogP contribution in [0.15, 0.2) is 29.3 Å². The van der Waals surface area contributed by atoms with Crippen LogP contribution in [0.2, 0.25) is 0 Å². The molecule has 26 heavy (non-hydrogen) atoms. The number of ether oxygens (including phenoxy) is 1. The fourth-order valence-corrected chi connectivity index (χ4v) is 2.37. The van der Waals surface area contributed by atoms with Gasteiger partial charge in [0, 0.05) is 31.6 Å². The highest BCUT2D eigenvalue weighted by Gasteiger charge is 2.28. The van der Waals surface area contributed by atoms with Crippen molar-refractivity contribution < 1.29 is 13.9 Å². The number of benzene rings is 1. The molecule has 144 valence electrons. The molecule has 3 N–H and O–H groups in total. The maximum atomic E-state index is 13.3. The number of rotatable bonds is 10. The van der Waals surface area contributed by atoms with Crippen LogP contribution >= 0.6 is 0 Å². The number of guanidine groups is 1. The van der Waals surface area contributed by atoms with Crippen molar-refractivity contribution in [1.82, 2.24) is 16.0 Å². The molecule has 0 aliphatic heterocycles. The number of carbonyl (C=O) groups is 1. The predicted molar refractivity (Wildman–Crippen MR) is 101 cm³/mol. The number of halogens is 1. The highest BCUT2D eigenvalue weighted by molar-refractivity contribution is 5.81. The molecule has 1 saturated carbocycles. The molecule has 1 atom stereocenters. The molecule has 1 aliphatic rings. The minimum Gasteiger partial charge on any atom is -0.488 e. The van der Waals surface area contributed by atoms with Crippen LogP contribution in [0.5, 0.6) is 5.75 Å². The molecule has 1 aromatic carbocycles. The Bertz CT molecular complexity index is 605. The second-order valence-corrected chi connectivity index (χ2v) is 6.32. The molecule has 7 heteroatoms. The Hall–Kier alpha value is -2.31. The van der Waals surface area contributed by atoms with Gasteiger partial charge in [-0.15, -0.1) is 0 Å². The van der Waals surface area contributed by atoms with Gasteiger partial charge >= 0.3 is 0 Å². The third-order valence-corrected chi connectivity index (χ3v) is 4.02. The first kappa shape index (κ1) is 20.0. The van der Waals surface area contributed by atoms with Crippen molar-refractivity contribution in [2.75, 3.05) is 26.2 Å². The first-order chi connectivity index (χ1) is 12.6. The van der Waals surface area contributed by atoms with Gasteiger partial charge in [0.2, 0.25) is 5.91 Å². The molecule has 1 aromatic rings. The molecule has 0 heterocycles. The van der Waals surface area contributed by atoms with Gasteiger partial charge in [0.25, 0.3) is 0 Å². The van der Waals surface area contributed by atoms with E-state index in [9.17, 15) is 9.18 Å². The maximum absolute atomic E-state index is 13.3. The molecular weight excluding hydrogens is 335 g/mol. The summed E-state index contributed by atoms with van der Waals surface area (Å²) in [5, 5.41) is 9.28. The van der Waals surface area contributed by atoms with E-state index in [1.165, 1.54) is 12.1 Å². The van der Waals surface area contributed by atoms with Crippen molar-refractivity contribution >= 4 is 11.9 Å². The van der Waals surface area contributed by atoms with Crippen LogP contribution < -0.4 is 20.7 Å². The fraction of sp³-hybridized carbons (Fsp3) is 0.579. The molecule has 2 rings (SSSR count). The molecule has 0 bridgehead atoms. The van der Waals surface area contributed by atoms with Crippen LogP contribution in [-0.2, 0) is 4.79 Å². The second-order valence-electron chi connectivity index (χ2n) is 6.32. The van der Waals surface area contributed by atoms with E-state index in [0.29, 0.717) is 31.3 Å². The third-order valence-electron chi connectivity index (χ3n) is 4.02. The molecule has 1 aliphatic carbocycles. The molecule has 0 radical (unpaired) electrons. The zero-order chi connectivity index (χ0) is 18.8. The van der Waals surface area contributed by atoms with Gasteiger partial charge in [-0.05, 0) is 38.3 Å². The molecular formula is C19H29FN4O2. The van der Waals surface area contributed by atoms with Crippen molar-refractivity contribution in [3.05, 3.63) is 30.1 Å². The lowest BCUT2D eigenvalue weighted by atomic mass is 10.2. The number of aliphatic imine (C=N–C) groups is 1. The van der Waals surface area contributed by atoms with Gasteiger partial charge in [0.05, 0.1) is 6.54 Å². The minimum atomic E-state index is -0.316. The van der Waals surface area contributed by atoms with E-state index in [1.807, 2.05) is 13.8 Å². The summed E-state index contributed by atoms with van der Waals surface area (Å²) in [5.41, 5.74) is 0. The third kappa shape index (κ3) is 7.29. The van der Waals surface area contributed by atoms with Gasteiger partial charge in [0.1, 0.15) is 17.7 Å². The lowest BCUT2D eigenvalue weighted by Crippen LogP contribution is -2.42. The van der Waals surface area contributed by atoms with E-state index in [4.69, 9.17) is 4.74 Å². The topological polar surface area (TPSA) is 74.8 Å². The lowest BCUT2D eigenvalue weighted by Gasteiger charge is -2.17. The highest BCUT2D eigenvalue weighted by Crippen LogP contribution is 2.28. The average molecular weight is 364 g/mol. The fourth-order valence-electron chi connectivity index (χ4n) is 2.37. The van der Waals surface area contributed by atoms with Crippen LogP contribution in [-0.4, -0.2) is 44.1 Å². The first-order valence-electron chi connectivity index (χ1n) is 9.34. The standard InChI is InChI=1S/C19H29FN4O2/c1-3-16(26-17-7-5-6-15(20)12-17)13-24-19(21-4-2)23-11-10-22-18(25)14-8-9-14/h5-7,12,14,16H,3-4,8-11,13H2,1-2H3,(H,22,25)(H2,21,23,24). The van der Waals surface area contributed by atoms with Crippen LogP contribution in [0.1, 0.15) is 33.1 Å². The maximum Gasteiger partial charge on any atom is 0.223 e. The van der Waals surface area contributed by atoms with E-state index >= 15 is 0 Å². The Morgan fingerprint density at radius 2 is 2.04 bits per heavy atom. The molecule has 1 amide bonds. The zero-order valence-corrected chi connectivity index (χ0v) is 15.6.